The molecule has 0 atom stereocenters. The summed E-state index contributed by atoms with van der Waals surface area (Å²) in [5.74, 6) is 1.81. The van der Waals surface area contributed by atoms with Crippen molar-refractivity contribution in [3.8, 4) is 5.82 Å². The molecule has 1 saturated heterocycles. The largest absolute Gasteiger partial charge is 0.353 e. The number of carbonyl (C=O) groups excluding carboxylic acids is 1. The summed E-state index contributed by atoms with van der Waals surface area (Å²) in [4.78, 5) is 29.4. The molecule has 3 heterocycles. The lowest BCUT2D eigenvalue weighted by molar-refractivity contribution is -0.130. The molecule has 1 aliphatic rings. The van der Waals surface area contributed by atoms with E-state index in [1.807, 2.05) is 23.8 Å². The molecule has 4 rings (SSSR count). The Morgan fingerprint density at radius 3 is 2.59 bits per heavy atom. The van der Waals surface area contributed by atoms with Gasteiger partial charge in [-0.05, 0) is 19.1 Å². The number of piperazine rings is 1. The fourth-order valence-electron chi connectivity index (χ4n) is 3.41. The van der Waals surface area contributed by atoms with Gasteiger partial charge in [-0.1, -0.05) is 17.7 Å². The molecular weight excluding hydrogens is 395 g/mol. The lowest BCUT2D eigenvalue weighted by Gasteiger charge is -2.35. The van der Waals surface area contributed by atoms with Crippen LogP contribution in [0.25, 0.3) is 5.82 Å². The Bertz CT molecular complexity index is 1010. The van der Waals surface area contributed by atoms with Crippen molar-refractivity contribution in [2.45, 2.75) is 13.3 Å². The SMILES string of the molecule is Cc1nccn1-c1cc(N2CCN(C(=O)Cc3c(F)cccc3Cl)CC2)ncn1. The number of carbonyl (C=O) groups is 1. The zero-order chi connectivity index (χ0) is 20.4. The first-order chi connectivity index (χ1) is 14.0. The Morgan fingerprint density at radius 2 is 1.90 bits per heavy atom. The van der Waals surface area contributed by atoms with Gasteiger partial charge in [-0.3, -0.25) is 9.36 Å². The second kappa shape index (κ2) is 8.16. The molecule has 0 bridgehead atoms. The number of anilines is 1. The van der Waals surface area contributed by atoms with E-state index in [0.29, 0.717) is 26.2 Å². The summed E-state index contributed by atoms with van der Waals surface area (Å²) < 4.78 is 15.9. The van der Waals surface area contributed by atoms with Gasteiger partial charge in [0.05, 0.1) is 6.42 Å². The van der Waals surface area contributed by atoms with Crippen LogP contribution in [0.4, 0.5) is 10.2 Å². The molecule has 1 amide bonds. The van der Waals surface area contributed by atoms with E-state index in [1.165, 1.54) is 18.5 Å². The highest BCUT2D eigenvalue weighted by Crippen LogP contribution is 2.21. The Balaban J connectivity index is 1.41. The van der Waals surface area contributed by atoms with Gasteiger partial charge in [-0.15, -0.1) is 0 Å². The molecular formula is C20H20ClFN6O. The van der Waals surface area contributed by atoms with Crippen LogP contribution in [0.5, 0.6) is 0 Å². The standard InChI is InChI=1S/C20H20ClFN6O/c1-14-23-5-6-28(14)19-12-18(24-13-25-19)26-7-9-27(10-8-26)20(29)11-15-16(21)3-2-4-17(15)22/h2-6,12-13H,7-11H2,1H3. The molecule has 0 N–H and O–H groups in total. The normalized spacial score (nSPS) is 14.3. The van der Waals surface area contributed by atoms with Gasteiger partial charge >= 0.3 is 0 Å². The predicted molar refractivity (Wildman–Crippen MR) is 108 cm³/mol. The minimum absolute atomic E-state index is 0.0386. The topological polar surface area (TPSA) is 67.2 Å². The van der Waals surface area contributed by atoms with E-state index in [9.17, 15) is 9.18 Å². The first-order valence-electron chi connectivity index (χ1n) is 9.31. The van der Waals surface area contributed by atoms with E-state index in [4.69, 9.17) is 11.6 Å². The quantitative estimate of drug-likeness (QED) is 0.656. The highest BCUT2D eigenvalue weighted by atomic mass is 35.5. The third-order valence-corrected chi connectivity index (χ3v) is 5.41. The van der Waals surface area contributed by atoms with Crippen LogP contribution in [0.1, 0.15) is 11.4 Å². The number of rotatable bonds is 4. The summed E-state index contributed by atoms with van der Waals surface area (Å²) in [7, 11) is 0. The first kappa shape index (κ1) is 19.3. The van der Waals surface area contributed by atoms with Crippen molar-refractivity contribution in [3.05, 3.63) is 65.2 Å². The van der Waals surface area contributed by atoms with E-state index in [2.05, 4.69) is 19.9 Å². The van der Waals surface area contributed by atoms with Gasteiger partial charge < -0.3 is 9.80 Å². The van der Waals surface area contributed by atoms with Crippen molar-refractivity contribution >= 4 is 23.3 Å². The van der Waals surface area contributed by atoms with Gasteiger partial charge in [0, 0.05) is 55.2 Å². The maximum atomic E-state index is 14.0. The second-order valence-electron chi connectivity index (χ2n) is 6.82. The summed E-state index contributed by atoms with van der Waals surface area (Å²) in [6, 6.07) is 6.36. The third-order valence-electron chi connectivity index (χ3n) is 5.06. The van der Waals surface area contributed by atoms with Crippen LogP contribution in [0, 0.1) is 12.7 Å². The summed E-state index contributed by atoms with van der Waals surface area (Å²) in [6.07, 6.45) is 5.07. The van der Waals surface area contributed by atoms with Gasteiger partial charge in [0.25, 0.3) is 0 Å². The Kier molecular flexibility index (Phi) is 5.44. The van der Waals surface area contributed by atoms with Gasteiger partial charge in [-0.25, -0.2) is 19.3 Å². The van der Waals surface area contributed by atoms with Gasteiger partial charge in [-0.2, -0.15) is 0 Å². The fourth-order valence-corrected chi connectivity index (χ4v) is 3.64. The second-order valence-corrected chi connectivity index (χ2v) is 7.23. The lowest BCUT2D eigenvalue weighted by Crippen LogP contribution is -2.49. The average Bonchev–Trinajstić information content (AvgIpc) is 3.17. The zero-order valence-electron chi connectivity index (χ0n) is 15.9. The maximum Gasteiger partial charge on any atom is 0.227 e. The van der Waals surface area contributed by atoms with Gasteiger partial charge in [0.1, 0.15) is 29.6 Å². The van der Waals surface area contributed by atoms with Crippen LogP contribution in [-0.2, 0) is 11.2 Å². The van der Waals surface area contributed by atoms with Crippen LogP contribution >= 0.6 is 11.6 Å². The summed E-state index contributed by atoms with van der Waals surface area (Å²) in [6.45, 7) is 4.25. The number of aryl methyl sites for hydroxylation is 1. The molecule has 0 spiro atoms. The van der Waals surface area contributed by atoms with E-state index >= 15 is 0 Å². The number of aromatic nitrogens is 4. The summed E-state index contributed by atoms with van der Waals surface area (Å²) in [5, 5.41) is 0.278. The molecule has 7 nitrogen and oxygen atoms in total. The van der Waals surface area contributed by atoms with Crippen molar-refractivity contribution < 1.29 is 9.18 Å². The highest BCUT2D eigenvalue weighted by molar-refractivity contribution is 6.31. The number of hydrogen-bond acceptors (Lipinski definition) is 5. The zero-order valence-corrected chi connectivity index (χ0v) is 16.7. The number of nitrogens with zero attached hydrogens (tertiary/aromatic N) is 6. The van der Waals surface area contributed by atoms with Crippen molar-refractivity contribution in [2.24, 2.45) is 0 Å². The third kappa shape index (κ3) is 4.07. The smallest absolute Gasteiger partial charge is 0.227 e. The fraction of sp³-hybridized carbons (Fsp3) is 0.300. The monoisotopic (exact) mass is 414 g/mol. The van der Waals surface area contributed by atoms with Crippen molar-refractivity contribution in [2.75, 3.05) is 31.1 Å². The summed E-state index contributed by atoms with van der Waals surface area (Å²) in [5.41, 5.74) is 0.248. The highest BCUT2D eigenvalue weighted by Gasteiger charge is 2.24. The maximum absolute atomic E-state index is 14.0. The molecule has 2 aromatic heterocycles. The van der Waals surface area contributed by atoms with Crippen LogP contribution in [-0.4, -0.2) is 56.5 Å². The molecule has 0 unspecified atom stereocenters. The van der Waals surface area contributed by atoms with Crippen molar-refractivity contribution in [1.82, 2.24) is 24.4 Å². The van der Waals surface area contributed by atoms with Crippen LogP contribution < -0.4 is 4.90 Å². The number of hydrogen-bond donors (Lipinski definition) is 0. The molecule has 1 aromatic carbocycles. The van der Waals surface area contributed by atoms with Crippen molar-refractivity contribution in [3.63, 3.8) is 0 Å². The molecule has 1 aliphatic heterocycles. The molecule has 29 heavy (non-hydrogen) atoms. The molecule has 9 heteroatoms. The molecule has 3 aromatic rings. The Hall–Kier alpha value is -3.00. The molecule has 150 valence electrons. The molecule has 0 radical (unpaired) electrons. The van der Waals surface area contributed by atoms with E-state index in [0.717, 1.165) is 17.5 Å². The van der Waals surface area contributed by atoms with Crippen LogP contribution in [0.3, 0.4) is 0 Å². The van der Waals surface area contributed by atoms with Crippen molar-refractivity contribution in [1.29, 1.82) is 0 Å². The number of benzene rings is 1. The Labute approximate surface area is 172 Å². The number of amides is 1. The molecule has 0 saturated carbocycles. The number of imidazole rings is 1. The average molecular weight is 415 g/mol. The van der Waals surface area contributed by atoms with E-state index in [-0.39, 0.29) is 22.9 Å². The van der Waals surface area contributed by atoms with Crippen LogP contribution in [0.2, 0.25) is 5.02 Å². The van der Waals surface area contributed by atoms with E-state index in [1.54, 1.807) is 17.2 Å². The molecule has 0 aliphatic carbocycles. The predicted octanol–water partition coefficient (Wildman–Crippen LogP) is 2.65. The van der Waals surface area contributed by atoms with Crippen LogP contribution in [0.15, 0.2) is 43.0 Å². The van der Waals surface area contributed by atoms with Gasteiger partial charge in [0.15, 0.2) is 0 Å². The first-order valence-corrected chi connectivity index (χ1v) is 9.68. The minimum atomic E-state index is -0.451. The lowest BCUT2D eigenvalue weighted by atomic mass is 10.1. The Morgan fingerprint density at radius 1 is 1.14 bits per heavy atom. The van der Waals surface area contributed by atoms with Gasteiger partial charge in [0.2, 0.25) is 5.91 Å². The van der Waals surface area contributed by atoms with E-state index < -0.39 is 5.82 Å². The number of halogens is 2. The summed E-state index contributed by atoms with van der Waals surface area (Å²) >= 11 is 6.04. The minimum Gasteiger partial charge on any atom is -0.353 e. The molecule has 1 fully saturated rings.